The smallest absolute Gasteiger partial charge is 0.328 e. The van der Waals surface area contributed by atoms with Crippen molar-refractivity contribution in [3.63, 3.8) is 0 Å². The number of anilines is 1. The van der Waals surface area contributed by atoms with Crippen LogP contribution in [0.4, 0.5) is 10.1 Å². The minimum Gasteiger partial charge on any atom is -0.480 e. The second-order valence-electron chi connectivity index (χ2n) is 3.30. The molecule has 17 heavy (non-hydrogen) atoms. The lowest BCUT2D eigenvalue weighted by atomic mass is 10.2. The van der Waals surface area contributed by atoms with E-state index in [9.17, 15) is 9.18 Å². The predicted octanol–water partition coefficient (Wildman–Crippen LogP) is 1.21. The van der Waals surface area contributed by atoms with Gasteiger partial charge in [-0.05, 0) is 18.2 Å². The molecule has 6 heteroatoms. The third-order valence-corrected chi connectivity index (χ3v) is 2.06. The SMILES string of the molecule is COCC(Nc1ccc(C#N)cc1F)C(=O)O. The van der Waals surface area contributed by atoms with Gasteiger partial charge in [0.15, 0.2) is 0 Å². The molecule has 1 unspecified atom stereocenters. The molecule has 0 saturated heterocycles. The van der Waals surface area contributed by atoms with Crippen LogP contribution in [0.2, 0.25) is 0 Å². The van der Waals surface area contributed by atoms with E-state index in [0.29, 0.717) is 0 Å². The molecule has 0 fully saturated rings. The van der Waals surface area contributed by atoms with Crippen molar-refractivity contribution < 1.29 is 19.0 Å². The van der Waals surface area contributed by atoms with Crippen LogP contribution in [0, 0.1) is 17.1 Å². The van der Waals surface area contributed by atoms with Crippen molar-refractivity contribution in [3.8, 4) is 6.07 Å². The summed E-state index contributed by atoms with van der Waals surface area (Å²) in [5, 5.41) is 19.9. The summed E-state index contributed by atoms with van der Waals surface area (Å²) < 4.78 is 18.2. The number of nitrogens with one attached hydrogen (secondary N) is 1. The first-order valence-electron chi connectivity index (χ1n) is 4.76. The van der Waals surface area contributed by atoms with Gasteiger partial charge in [-0.2, -0.15) is 5.26 Å². The van der Waals surface area contributed by atoms with Crippen LogP contribution in [0.25, 0.3) is 0 Å². The van der Waals surface area contributed by atoms with Gasteiger partial charge in [-0.25, -0.2) is 9.18 Å². The highest BCUT2D eigenvalue weighted by Crippen LogP contribution is 2.16. The van der Waals surface area contributed by atoms with Crippen LogP contribution in [0.15, 0.2) is 18.2 Å². The lowest BCUT2D eigenvalue weighted by Crippen LogP contribution is -2.33. The van der Waals surface area contributed by atoms with Crippen molar-refractivity contribution in [3.05, 3.63) is 29.6 Å². The van der Waals surface area contributed by atoms with Gasteiger partial charge in [0.05, 0.1) is 23.9 Å². The zero-order chi connectivity index (χ0) is 12.8. The van der Waals surface area contributed by atoms with E-state index in [1.165, 1.54) is 19.2 Å². The number of halogens is 1. The summed E-state index contributed by atoms with van der Waals surface area (Å²) in [7, 11) is 1.35. The van der Waals surface area contributed by atoms with Crippen LogP contribution < -0.4 is 5.32 Å². The molecule has 0 bridgehead atoms. The fourth-order valence-corrected chi connectivity index (χ4v) is 1.23. The molecule has 0 aliphatic carbocycles. The topological polar surface area (TPSA) is 82.3 Å². The van der Waals surface area contributed by atoms with Gasteiger partial charge in [-0.1, -0.05) is 0 Å². The van der Waals surface area contributed by atoms with Crippen LogP contribution in [-0.4, -0.2) is 30.8 Å². The number of nitriles is 1. The molecule has 1 aromatic rings. The molecule has 0 heterocycles. The second kappa shape index (κ2) is 5.82. The van der Waals surface area contributed by atoms with Crippen molar-refractivity contribution in [1.29, 1.82) is 5.26 Å². The number of nitrogens with zero attached hydrogens (tertiary/aromatic N) is 1. The van der Waals surface area contributed by atoms with E-state index >= 15 is 0 Å². The van der Waals surface area contributed by atoms with Crippen LogP contribution >= 0.6 is 0 Å². The molecule has 5 nitrogen and oxygen atoms in total. The Morgan fingerprint density at radius 1 is 1.71 bits per heavy atom. The number of methoxy groups -OCH3 is 1. The largest absolute Gasteiger partial charge is 0.480 e. The zero-order valence-electron chi connectivity index (χ0n) is 9.11. The highest BCUT2D eigenvalue weighted by Gasteiger charge is 2.18. The molecule has 0 aromatic heterocycles. The molecule has 1 atom stereocenters. The lowest BCUT2D eigenvalue weighted by Gasteiger charge is -2.15. The maximum atomic E-state index is 13.5. The fraction of sp³-hybridized carbons (Fsp3) is 0.273. The molecule has 90 valence electrons. The number of carboxylic acids is 1. The standard InChI is InChI=1S/C11H11FN2O3/c1-17-6-10(11(15)16)14-9-3-2-7(5-13)4-8(9)12/h2-4,10,14H,6H2,1H3,(H,15,16). The first-order chi connectivity index (χ1) is 8.08. The molecular weight excluding hydrogens is 227 g/mol. The summed E-state index contributed by atoms with van der Waals surface area (Å²) in [6, 6.07) is 4.50. The Balaban J connectivity index is 2.87. The minimum atomic E-state index is -1.14. The highest BCUT2D eigenvalue weighted by atomic mass is 19.1. The van der Waals surface area contributed by atoms with Gasteiger partial charge in [0.1, 0.15) is 11.9 Å². The number of hydrogen-bond acceptors (Lipinski definition) is 4. The monoisotopic (exact) mass is 238 g/mol. The predicted molar refractivity (Wildman–Crippen MR) is 58.0 cm³/mol. The Labute approximate surface area is 97.4 Å². The zero-order valence-corrected chi connectivity index (χ0v) is 9.11. The second-order valence-corrected chi connectivity index (χ2v) is 3.30. The van der Waals surface area contributed by atoms with Crippen molar-refractivity contribution in [1.82, 2.24) is 0 Å². The van der Waals surface area contributed by atoms with E-state index in [4.69, 9.17) is 15.1 Å². The third kappa shape index (κ3) is 3.43. The van der Waals surface area contributed by atoms with E-state index in [1.54, 1.807) is 6.07 Å². The van der Waals surface area contributed by atoms with Gasteiger partial charge >= 0.3 is 5.97 Å². The molecule has 2 N–H and O–H groups in total. The Bertz CT molecular complexity index is 457. The Kier molecular flexibility index (Phi) is 4.43. The van der Waals surface area contributed by atoms with Crippen molar-refractivity contribution in [2.45, 2.75) is 6.04 Å². The molecule has 0 aliphatic heterocycles. The first-order valence-corrected chi connectivity index (χ1v) is 4.76. The van der Waals surface area contributed by atoms with Crippen LogP contribution in [0.3, 0.4) is 0 Å². The van der Waals surface area contributed by atoms with E-state index in [-0.39, 0.29) is 17.9 Å². The number of ether oxygens (including phenoxy) is 1. The molecular formula is C11H11FN2O3. The molecule has 0 amide bonds. The summed E-state index contributed by atoms with van der Waals surface area (Å²) in [6.45, 7) is -0.0885. The average molecular weight is 238 g/mol. The Hall–Kier alpha value is -2.13. The van der Waals surface area contributed by atoms with Crippen molar-refractivity contribution in [2.75, 3.05) is 19.0 Å². The molecule has 0 spiro atoms. The maximum Gasteiger partial charge on any atom is 0.328 e. The van der Waals surface area contributed by atoms with Gasteiger partial charge in [0.25, 0.3) is 0 Å². The number of aliphatic carboxylic acids is 1. The summed E-state index contributed by atoms with van der Waals surface area (Å²) in [6.07, 6.45) is 0. The summed E-state index contributed by atoms with van der Waals surface area (Å²) >= 11 is 0. The minimum absolute atomic E-state index is 0.0217. The highest BCUT2D eigenvalue weighted by molar-refractivity contribution is 5.77. The lowest BCUT2D eigenvalue weighted by molar-refractivity contribution is -0.139. The number of rotatable bonds is 5. The van der Waals surface area contributed by atoms with E-state index in [1.807, 2.05) is 0 Å². The van der Waals surface area contributed by atoms with Gasteiger partial charge in [0, 0.05) is 7.11 Å². The van der Waals surface area contributed by atoms with E-state index < -0.39 is 17.8 Å². The maximum absolute atomic E-state index is 13.5. The van der Waals surface area contributed by atoms with Gasteiger partial charge < -0.3 is 15.2 Å². The third-order valence-electron chi connectivity index (χ3n) is 2.06. The summed E-state index contributed by atoms with van der Waals surface area (Å²) in [4.78, 5) is 10.8. The van der Waals surface area contributed by atoms with Crippen LogP contribution in [0.5, 0.6) is 0 Å². The van der Waals surface area contributed by atoms with Crippen molar-refractivity contribution >= 4 is 11.7 Å². The van der Waals surface area contributed by atoms with E-state index in [0.717, 1.165) is 6.07 Å². The Morgan fingerprint density at radius 3 is 2.88 bits per heavy atom. The van der Waals surface area contributed by atoms with Crippen LogP contribution in [0.1, 0.15) is 5.56 Å². The normalized spacial score (nSPS) is 11.6. The molecule has 1 rings (SSSR count). The molecule has 1 aromatic carbocycles. The summed E-state index contributed by atoms with van der Waals surface area (Å²) in [5.41, 5.74) is 0.195. The fourth-order valence-electron chi connectivity index (χ4n) is 1.23. The number of benzene rings is 1. The van der Waals surface area contributed by atoms with E-state index in [2.05, 4.69) is 5.32 Å². The van der Waals surface area contributed by atoms with Gasteiger partial charge in [0.2, 0.25) is 0 Å². The van der Waals surface area contributed by atoms with Crippen LogP contribution in [-0.2, 0) is 9.53 Å². The Morgan fingerprint density at radius 2 is 2.41 bits per heavy atom. The molecule has 0 aliphatic rings. The van der Waals surface area contributed by atoms with Gasteiger partial charge in [-0.15, -0.1) is 0 Å². The van der Waals surface area contributed by atoms with Crippen molar-refractivity contribution in [2.24, 2.45) is 0 Å². The average Bonchev–Trinajstić information content (AvgIpc) is 2.30. The first kappa shape index (κ1) is 12.9. The molecule has 0 saturated carbocycles. The number of carbonyl (C=O) groups is 1. The summed E-state index contributed by atoms with van der Waals surface area (Å²) in [5.74, 6) is -1.82. The number of hydrogen-bond donors (Lipinski definition) is 2. The molecule has 0 radical (unpaired) electrons. The van der Waals surface area contributed by atoms with Gasteiger partial charge in [-0.3, -0.25) is 0 Å². The quantitative estimate of drug-likeness (QED) is 0.805. The number of carboxylic acid groups (broad SMARTS) is 1.